The van der Waals surface area contributed by atoms with E-state index in [-0.39, 0.29) is 18.2 Å². The third-order valence-corrected chi connectivity index (χ3v) is 3.16. The number of hydrogen-bond acceptors (Lipinski definition) is 4. The van der Waals surface area contributed by atoms with Gasteiger partial charge >= 0.3 is 6.03 Å². The first-order chi connectivity index (χ1) is 9.45. The second-order valence-corrected chi connectivity index (χ2v) is 5.39. The van der Waals surface area contributed by atoms with Crippen molar-refractivity contribution in [2.45, 2.75) is 26.1 Å². The number of amides is 2. The summed E-state index contributed by atoms with van der Waals surface area (Å²) in [6, 6.07) is 3.62. The SMILES string of the molecule is C[C@@H]1CN(C(=O)Nc2ccc(N(C)C)nc2)C[C@H](C)O1. The van der Waals surface area contributed by atoms with Crippen LogP contribution in [-0.2, 0) is 4.74 Å². The number of nitrogens with one attached hydrogen (secondary N) is 1. The molecule has 1 fully saturated rings. The van der Waals surface area contributed by atoms with E-state index in [9.17, 15) is 4.79 Å². The number of carbonyl (C=O) groups excluding carboxylic acids is 1. The van der Waals surface area contributed by atoms with Crippen LogP contribution in [0.5, 0.6) is 0 Å². The van der Waals surface area contributed by atoms with E-state index in [4.69, 9.17) is 4.74 Å². The van der Waals surface area contributed by atoms with Gasteiger partial charge in [-0.3, -0.25) is 0 Å². The minimum absolute atomic E-state index is 0.0683. The minimum atomic E-state index is -0.105. The van der Waals surface area contributed by atoms with Crippen LogP contribution in [0.2, 0.25) is 0 Å². The van der Waals surface area contributed by atoms with Gasteiger partial charge in [-0.25, -0.2) is 9.78 Å². The molecule has 1 saturated heterocycles. The summed E-state index contributed by atoms with van der Waals surface area (Å²) in [6.07, 6.45) is 1.80. The van der Waals surface area contributed by atoms with E-state index < -0.39 is 0 Å². The molecule has 2 heterocycles. The third kappa shape index (κ3) is 3.60. The maximum absolute atomic E-state index is 12.2. The molecule has 2 rings (SSSR count). The highest BCUT2D eigenvalue weighted by Gasteiger charge is 2.25. The summed E-state index contributed by atoms with van der Waals surface area (Å²) in [5.74, 6) is 0.858. The Morgan fingerprint density at radius 1 is 1.35 bits per heavy atom. The first kappa shape index (κ1) is 14.6. The van der Waals surface area contributed by atoms with E-state index in [0.29, 0.717) is 18.8 Å². The maximum atomic E-state index is 12.2. The van der Waals surface area contributed by atoms with Gasteiger partial charge in [-0.05, 0) is 26.0 Å². The van der Waals surface area contributed by atoms with Crippen molar-refractivity contribution in [1.29, 1.82) is 0 Å². The van der Waals surface area contributed by atoms with Crippen molar-refractivity contribution in [2.24, 2.45) is 0 Å². The Kier molecular flexibility index (Phi) is 4.44. The molecule has 1 aromatic rings. The summed E-state index contributed by atoms with van der Waals surface area (Å²) in [6.45, 7) is 5.17. The highest BCUT2D eigenvalue weighted by molar-refractivity contribution is 5.89. The van der Waals surface area contributed by atoms with Gasteiger partial charge in [0.2, 0.25) is 0 Å². The van der Waals surface area contributed by atoms with Gasteiger partial charge < -0.3 is 19.9 Å². The molecular weight excluding hydrogens is 256 g/mol. The zero-order valence-electron chi connectivity index (χ0n) is 12.5. The van der Waals surface area contributed by atoms with Crippen LogP contribution in [0.3, 0.4) is 0 Å². The fourth-order valence-electron chi connectivity index (χ4n) is 2.27. The smallest absolute Gasteiger partial charge is 0.322 e. The Labute approximate surface area is 119 Å². The Bertz CT molecular complexity index is 451. The summed E-state index contributed by atoms with van der Waals surface area (Å²) in [4.78, 5) is 20.2. The molecule has 1 N–H and O–H groups in total. The largest absolute Gasteiger partial charge is 0.372 e. The standard InChI is InChI=1S/C14H22N4O2/c1-10-8-18(9-11(2)20-10)14(19)16-12-5-6-13(15-7-12)17(3)4/h5-7,10-11H,8-9H2,1-4H3,(H,16,19)/t10-,11+. The molecule has 2 atom stereocenters. The van der Waals surface area contributed by atoms with E-state index in [1.165, 1.54) is 0 Å². The zero-order chi connectivity index (χ0) is 14.7. The van der Waals surface area contributed by atoms with Crippen LogP contribution in [-0.4, -0.2) is 55.3 Å². The van der Waals surface area contributed by atoms with Gasteiger partial charge in [0.05, 0.1) is 24.1 Å². The van der Waals surface area contributed by atoms with Gasteiger partial charge in [0.1, 0.15) is 5.82 Å². The lowest BCUT2D eigenvalue weighted by atomic mass is 10.2. The Morgan fingerprint density at radius 2 is 2.00 bits per heavy atom. The fourth-order valence-corrected chi connectivity index (χ4v) is 2.27. The van der Waals surface area contributed by atoms with Crippen LogP contribution >= 0.6 is 0 Å². The monoisotopic (exact) mass is 278 g/mol. The van der Waals surface area contributed by atoms with Crippen molar-refractivity contribution >= 4 is 17.5 Å². The molecule has 0 aliphatic carbocycles. The molecule has 20 heavy (non-hydrogen) atoms. The van der Waals surface area contributed by atoms with Crippen LogP contribution in [0.1, 0.15) is 13.8 Å². The lowest BCUT2D eigenvalue weighted by molar-refractivity contribution is -0.0530. The van der Waals surface area contributed by atoms with Crippen molar-refractivity contribution < 1.29 is 9.53 Å². The number of pyridine rings is 1. The van der Waals surface area contributed by atoms with Crippen molar-refractivity contribution in [3.8, 4) is 0 Å². The molecule has 1 aliphatic rings. The molecule has 0 bridgehead atoms. The maximum Gasteiger partial charge on any atom is 0.322 e. The molecule has 6 nitrogen and oxygen atoms in total. The molecule has 6 heteroatoms. The number of morpholine rings is 1. The van der Waals surface area contributed by atoms with Gasteiger partial charge in [-0.2, -0.15) is 0 Å². The van der Waals surface area contributed by atoms with E-state index in [1.54, 1.807) is 11.1 Å². The van der Waals surface area contributed by atoms with Gasteiger partial charge in [-0.15, -0.1) is 0 Å². The minimum Gasteiger partial charge on any atom is -0.372 e. The number of carbonyl (C=O) groups is 1. The normalized spacial score (nSPS) is 22.5. The van der Waals surface area contributed by atoms with Crippen LogP contribution in [0.15, 0.2) is 18.3 Å². The lowest BCUT2D eigenvalue weighted by Crippen LogP contribution is -2.49. The average Bonchev–Trinajstić information content (AvgIpc) is 2.38. The highest BCUT2D eigenvalue weighted by atomic mass is 16.5. The highest BCUT2D eigenvalue weighted by Crippen LogP contribution is 2.15. The Morgan fingerprint density at radius 3 is 2.50 bits per heavy atom. The number of aromatic nitrogens is 1. The summed E-state index contributed by atoms with van der Waals surface area (Å²) in [5.41, 5.74) is 0.701. The number of rotatable bonds is 2. The number of ether oxygens (including phenoxy) is 1. The average molecular weight is 278 g/mol. The molecule has 2 amide bonds. The molecule has 0 unspecified atom stereocenters. The summed E-state index contributed by atoms with van der Waals surface area (Å²) in [7, 11) is 3.86. The van der Waals surface area contributed by atoms with E-state index in [0.717, 1.165) is 5.82 Å². The Hall–Kier alpha value is -1.82. The molecular formula is C14H22N4O2. The Balaban J connectivity index is 1.97. The third-order valence-electron chi connectivity index (χ3n) is 3.16. The topological polar surface area (TPSA) is 57.7 Å². The molecule has 110 valence electrons. The zero-order valence-corrected chi connectivity index (χ0v) is 12.5. The van der Waals surface area contributed by atoms with Gasteiger partial charge in [0.15, 0.2) is 0 Å². The number of nitrogens with zero attached hydrogens (tertiary/aromatic N) is 3. The molecule has 1 aromatic heterocycles. The molecule has 0 aromatic carbocycles. The second-order valence-electron chi connectivity index (χ2n) is 5.39. The van der Waals surface area contributed by atoms with Crippen LogP contribution in [0.25, 0.3) is 0 Å². The first-order valence-electron chi connectivity index (χ1n) is 6.80. The van der Waals surface area contributed by atoms with Crippen molar-refractivity contribution in [3.63, 3.8) is 0 Å². The van der Waals surface area contributed by atoms with Gasteiger partial charge in [0, 0.05) is 27.2 Å². The number of hydrogen-bond donors (Lipinski definition) is 1. The van der Waals surface area contributed by atoms with E-state index in [1.807, 2.05) is 45.0 Å². The first-order valence-corrected chi connectivity index (χ1v) is 6.80. The summed E-state index contributed by atoms with van der Waals surface area (Å²) < 4.78 is 5.62. The molecule has 1 aliphatic heterocycles. The fraction of sp³-hybridized carbons (Fsp3) is 0.571. The van der Waals surface area contributed by atoms with Gasteiger partial charge in [0.25, 0.3) is 0 Å². The van der Waals surface area contributed by atoms with Crippen LogP contribution in [0.4, 0.5) is 16.3 Å². The predicted octanol–water partition coefficient (Wildman–Crippen LogP) is 1.79. The van der Waals surface area contributed by atoms with E-state index >= 15 is 0 Å². The summed E-state index contributed by atoms with van der Waals surface area (Å²) in [5, 5.41) is 2.87. The number of anilines is 2. The second kappa shape index (κ2) is 6.09. The molecule has 0 saturated carbocycles. The van der Waals surface area contributed by atoms with Crippen LogP contribution < -0.4 is 10.2 Å². The van der Waals surface area contributed by atoms with E-state index in [2.05, 4.69) is 10.3 Å². The van der Waals surface area contributed by atoms with Gasteiger partial charge in [-0.1, -0.05) is 0 Å². The number of urea groups is 1. The quantitative estimate of drug-likeness (QED) is 0.896. The van der Waals surface area contributed by atoms with Crippen molar-refractivity contribution in [1.82, 2.24) is 9.88 Å². The van der Waals surface area contributed by atoms with Crippen molar-refractivity contribution in [2.75, 3.05) is 37.4 Å². The van der Waals surface area contributed by atoms with Crippen LogP contribution in [0, 0.1) is 0 Å². The predicted molar refractivity (Wildman–Crippen MR) is 79.2 cm³/mol. The van der Waals surface area contributed by atoms with Crippen molar-refractivity contribution in [3.05, 3.63) is 18.3 Å². The molecule has 0 radical (unpaired) electrons. The summed E-state index contributed by atoms with van der Waals surface area (Å²) >= 11 is 0. The molecule has 0 spiro atoms. The lowest BCUT2D eigenvalue weighted by Gasteiger charge is -2.35.